The van der Waals surface area contributed by atoms with Crippen molar-refractivity contribution in [3.8, 4) is 11.5 Å². The molecule has 8 nitrogen and oxygen atoms in total. The molecule has 0 amide bonds. The van der Waals surface area contributed by atoms with Crippen LogP contribution in [0.25, 0.3) is 0 Å². The molecule has 0 atom stereocenters. The standard InChI is InChI=1S/C12H10N2O3.C12H12N2O/c15-14(16)11-8-13-7-6-12(11)17-9-10-4-2-1-3-5-10;13-11-8-14-7-6-12(11)15-9-10-4-2-1-3-5-10/h1-8H,9H2;1-8H,9,13H2. The van der Waals surface area contributed by atoms with Gasteiger partial charge >= 0.3 is 5.69 Å². The van der Waals surface area contributed by atoms with Gasteiger partial charge in [0.25, 0.3) is 0 Å². The monoisotopic (exact) mass is 430 g/mol. The molecular weight excluding hydrogens is 408 g/mol. The lowest BCUT2D eigenvalue weighted by Gasteiger charge is -2.07. The van der Waals surface area contributed by atoms with Crippen molar-refractivity contribution >= 4 is 11.4 Å². The summed E-state index contributed by atoms with van der Waals surface area (Å²) in [5, 5.41) is 10.7. The van der Waals surface area contributed by atoms with E-state index in [0.29, 0.717) is 24.7 Å². The smallest absolute Gasteiger partial charge is 0.329 e. The number of benzene rings is 2. The second-order valence-corrected chi connectivity index (χ2v) is 6.56. The van der Waals surface area contributed by atoms with Crippen LogP contribution in [0.5, 0.6) is 11.5 Å². The molecule has 2 aromatic carbocycles. The molecule has 0 saturated heterocycles. The lowest BCUT2D eigenvalue weighted by atomic mass is 10.2. The molecule has 2 aromatic heterocycles. The van der Waals surface area contributed by atoms with Crippen molar-refractivity contribution in [2.45, 2.75) is 13.2 Å². The second kappa shape index (κ2) is 11.7. The molecule has 4 rings (SSSR count). The predicted octanol–water partition coefficient (Wildman–Crippen LogP) is 4.81. The first-order valence-electron chi connectivity index (χ1n) is 9.75. The lowest BCUT2D eigenvalue weighted by molar-refractivity contribution is -0.386. The van der Waals surface area contributed by atoms with E-state index in [1.165, 1.54) is 18.5 Å². The van der Waals surface area contributed by atoms with Gasteiger partial charge in [-0.05, 0) is 11.1 Å². The molecule has 0 bridgehead atoms. The summed E-state index contributed by atoms with van der Waals surface area (Å²) >= 11 is 0. The van der Waals surface area contributed by atoms with E-state index in [2.05, 4.69) is 9.97 Å². The van der Waals surface area contributed by atoms with E-state index in [-0.39, 0.29) is 11.4 Å². The van der Waals surface area contributed by atoms with Gasteiger partial charge in [-0.3, -0.25) is 20.1 Å². The molecule has 32 heavy (non-hydrogen) atoms. The van der Waals surface area contributed by atoms with Crippen molar-refractivity contribution in [1.82, 2.24) is 9.97 Å². The summed E-state index contributed by atoms with van der Waals surface area (Å²) in [6.45, 7) is 0.820. The van der Waals surface area contributed by atoms with Crippen molar-refractivity contribution in [3.63, 3.8) is 0 Å². The average Bonchev–Trinajstić information content (AvgIpc) is 2.84. The maximum Gasteiger partial charge on any atom is 0.329 e. The average molecular weight is 430 g/mol. The molecule has 0 radical (unpaired) electrons. The van der Waals surface area contributed by atoms with E-state index in [1.807, 2.05) is 60.7 Å². The van der Waals surface area contributed by atoms with Gasteiger partial charge in [-0.1, -0.05) is 60.7 Å². The number of pyridine rings is 2. The van der Waals surface area contributed by atoms with Crippen LogP contribution < -0.4 is 15.2 Å². The number of rotatable bonds is 7. The minimum Gasteiger partial charge on any atom is -0.487 e. The molecule has 0 aliphatic carbocycles. The fourth-order valence-corrected chi connectivity index (χ4v) is 2.63. The Hall–Kier alpha value is -4.46. The highest BCUT2D eigenvalue weighted by Gasteiger charge is 2.14. The third-order valence-electron chi connectivity index (χ3n) is 4.24. The maximum atomic E-state index is 10.7. The Bertz CT molecular complexity index is 1120. The Balaban J connectivity index is 0.000000182. The molecule has 0 saturated carbocycles. The Labute approximate surface area is 185 Å². The third-order valence-corrected chi connectivity index (χ3v) is 4.24. The Morgan fingerprint density at radius 2 is 1.25 bits per heavy atom. The zero-order chi connectivity index (χ0) is 22.6. The van der Waals surface area contributed by atoms with Crippen LogP contribution in [0.2, 0.25) is 0 Å². The number of nitrogens with zero attached hydrogens (tertiary/aromatic N) is 3. The van der Waals surface area contributed by atoms with E-state index in [9.17, 15) is 10.1 Å². The van der Waals surface area contributed by atoms with Gasteiger partial charge in [0.05, 0.1) is 16.8 Å². The van der Waals surface area contributed by atoms with Gasteiger partial charge in [-0.15, -0.1) is 0 Å². The van der Waals surface area contributed by atoms with Crippen LogP contribution in [0.3, 0.4) is 0 Å². The first-order chi connectivity index (χ1) is 15.6. The third kappa shape index (κ3) is 6.81. The van der Waals surface area contributed by atoms with E-state index >= 15 is 0 Å². The fraction of sp³-hybridized carbons (Fsp3) is 0.0833. The van der Waals surface area contributed by atoms with Crippen molar-refractivity contribution in [2.75, 3.05) is 5.73 Å². The number of aromatic nitrogens is 2. The molecule has 0 aliphatic rings. The number of hydrogen-bond donors (Lipinski definition) is 1. The van der Waals surface area contributed by atoms with Crippen LogP contribution in [0.15, 0.2) is 97.6 Å². The molecule has 4 aromatic rings. The number of nitro groups is 1. The van der Waals surface area contributed by atoms with E-state index in [4.69, 9.17) is 15.2 Å². The number of ether oxygens (including phenoxy) is 2. The molecule has 2 N–H and O–H groups in total. The molecule has 8 heteroatoms. The maximum absolute atomic E-state index is 10.7. The summed E-state index contributed by atoms with van der Waals surface area (Å²) in [6.07, 6.45) is 5.89. The van der Waals surface area contributed by atoms with Crippen LogP contribution >= 0.6 is 0 Å². The molecule has 0 fully saturated rings. The summed E-state index contributed by atoms with van der Waals surface area (Å²) in [4.78, 5) is 17.8. The topological polar surface area (TPSA) is 113 Å². The molecule has 2 heterocycles. The van der Waals surface area contributed by atoms with Gasteiger partial charge in [0.2, 0.25) is 5.75 Å². The molecule has 0 spiro atoms. The zero-order valence-corrected chi connectivity index (χ0v) is 17.2. The minimum absolute atomic E-state index is 0.122. The number of nitrogen functional groups attached to an aromatic ring is 1. The summed E-state index contributed by atoms with van der Waals surface area (Å²) in [5.74, 6) is 0.905. The van der Waals surface area contributed by atoms with Crippen LogP contribution in [0.4, 0.5) is 11.4 Å². The van der Waals surface area contributed by atoms with Gasteiger partial charge in [-0.2, -0.15) is 0 Å². The summed E-state index contributed by atoms with van der Waals surface area (Å²) in [6, 6.07) is 22.7. The first-order valence-corrected chi connectivity index (χ1v) is 9.75. The lowest BCUT2D eigenvalue weighted by Crippen LogP contribution is -1.99. The normalized spacial score (nSPS) is 9.88. The summed E-state index contributed by atoms with van der Waals surface area (Å²) in [5.41, 5.74) is 8.21. The minimum atomic E-state index is -0.507. The molecule has 0 unspecified atom stereocenters. The molecular formula is C24H22N4O4. The van der Waals surface area contributed by atoms with Crippen LogP contribution in [-0.2, 0) is 13.2 Å². The quantitative estimate of drug-likeness (QED) is 0.330. The molecule has 0 aliphatic heterocycles. The first kappa shape index (κ1) is 22.2. The van der Waals surface area contributed by atoms with Crippen LogP contribution in [0, 0.1) is 10.1 Å². The summed E-state index contributed by atoms with van der Waals surface area (Å²) in [7, 11) is 0. The highest BCUT2D eigenvalue weighted by Crippen LogP contribution is 2.25. The number of anilines is 1. The number of nitrogens with two attached hydrogens (primary N) is 1. The van der Waals surface area contributed by atoms with E-state index in [1.54, 1.807) is 18.5 Å². The van der Waals surface area contributed by atoms with Gasteiger partial charge in [-0.25, -0.2) is 0 Å². The summed E-state index contributed by atoms with van der Waals surface area (Å²) < 4.78 is 11.0. The van der Waals surface area contributed by atoms with Crippen molar-refractivity contribution in [3.05, 3.63) is 119 Å². The Morgan fingerprint density at radius 3 is 1.78 bits per heavy atom. The highest BCUT2D eigenvalue weighted by atomic mass is 16.6. The van der Waals surface area contributed by atoms with Crippen molar-refractivity contribution < 1.29 is 14.4 Å². The number of hydrogen-bond acceptors (Lipinski definition) is 7. The van der Waals surface area contributed by atoms with Crippen LogP contribution in [0.1, 0.15) is 11.1 Å². The predicted molar refractivity (Wildman–Crippen MR) is 121 cm³/mol. The van der Waals surface area contributed by atoms with Gasteiger partial charge in [0.15, 0.2) is 0 Å². The van der Waals surface area contributed by atoms with Crippen LogP contribution in [-0.4, -0.2) is 14.9 Å². The van der Waals surface area contributed by atoms with Gasteiger partial charge in [0, 0.05) is 24.5 Å². The molecule has 162 valence electrons. The van der Waals surface area contributed by atoms with Gasteiger partial charge in [0.1, 0.15) is 25.2 Å². The van der Waals surface area contributed by atoms with E-state index < -0.39 is 4.92 Å². The van der Waals surface area contributed by atoms with E-state index in [0.717, 1.165) is 11.1 Å². The Kier molecular flexibility index (Phi) is 8.10. The highest BCUT2D eigenvalue weighted by molar-refractivity contribution is 5.49. The zero-order valence-electron chi connectivity index (χ0n) is 17.2. The largest absolute Gasteiger partial charge is 0.487 e. The Morgan fingerprint density at radius 1 is 0.750 bits per heavy atom. The SMILES string of the molecule is Nc1cnccc1OCc1ccccc1.O=[N+]([O-])c1cnccc1OCc1ccccc1. The second-order valence-electron chi connectivity index (χ2n) is 6.56. The van der Waals surface area contributed by atoms with Crippen molar-refractivity contribution in [1.29, 1.82) is 0 Å². The van der Waals surface area contributed by atoms with Crippen molar-refractivity contribution in [2.24, 2.45) is 0 Å². The fourth-order valence-electron chi connectivity index (χ4n) is 2.63. The van der Waals surface area contributed by atoms with Gasteiger partial charge < -0.3 is 15.2 Å².